The lowest BCUT2D eigenvalue weighted by molar-refractivity contribution is 0.171. The van der Waals surface area contributed by atoms with Gasteiger partial charge < -0.3 is 19.9 Å². The number of ether oxygens (including phenoxy) is 2. The van der Waals surface area contributed by atoms with Crippen LogP contribution in [0.5, 0.6) is 17.2 Å². The standard InChI is InChI=1S/C21H14F3N3O3/c22-13-9-12(28)10-14(23)19(13)20-21(27-17(24)2-1-3-18(27)26-20)25-11-4-5-15-16(8-11)30-7-6-29-15/h1-5,8-10,25,28H,6-7H2. The van der Waals surface area contributed by atoms with Gasteiger partial charge in [-0.05, 0) is 24.3 Å². The van der Waals surface area contributed by atoms with Crippen LogP contribution in [0.25, 0.3) is 16.9 Å². The van der Waals surface area contributed by atoms with Gasteiger partial charge in [-0.2, -0.15) is 4.39 Å². The summed E-state index contributed by atoms with van der Waals surface area (Å²) < 4.78 is 55.9. The average molecular weight is 413 g/mol. The zero-order chi connectivity index (χ0) is 20.8. The van der Waals surface area contributed by atoms with E-state index in [9.17, 15) is 18.3 Å². The number of phenolic OH excluding ortho intramolecular Hbond substituents is 1. The molecule has 9 heteroatoms. The zero-order valence-corrected chi connectivity index (χ0v) is 15.3. The fourth-order valence-corrected chi connectivity index (χ4v) is 3.39. The lowest BCUT2D eigenvalue weighted by Gasteiger charge is -2.19. The second kappa shape index (κ2) is 6.87. The Balaban J connectivity index is 1.70. The molecule has 30 heavy (non-hydrogen) atoms. The predicted molar refractivity (Wildman–Crippen MR) is 103 cm³/mol. The van der Waals surface area contributed by atoms with Crippen LogP contribution in [0.4, 0.5) is 24.7 Å². The first-order chi connectivity index (χ1) is 14.5. The van der Waals surface area contributed by atoms with Gasteiger partial charge >= 0.3 is 0 Å². The van der Waals surface area contributed by atoms with E-state index in [1.165, 1.54) is 18.2 Å². The first-order valence-electron chi connectivity index (χ1n) is 9.03. The zero-order valence-electron chi connectivity index (χ0n) is 15.3. The highest BCUT2D eigenvalue weighted by Crippen LogP contribution is 2.38. The maximum atomic E-state index is 14.6. The molecule has 152 valence electrons. The first kappa shape index (κ1) is 18.2. The van der Waals surface area contributed by atoms with Crippen LogP contribution in [0.15, 0.2) is 48.5 Å². The summed E-state index contributed by atoms with van der Waals surface area (Å²) in [5, 5.41) is 12.4. The average Bonchev–Trinajstić information content (AvgIpc) is 3.06. The van der Waals surface area contributed by atoms with Crippen LogP contribution < -0.4 is 14.8 Å². The highest BCUT2D eigenvalue weighted by atomic mass is 19.1. The number of nitrogens with one attached hydrogen (secondary N) is 1. The monoisotopic (exact) mass is 413 g/mol. The fourth-order valence-electron chi connectivity index (χ4n) is 3.39. The third-order valence-electron chi connectivity index (χ3n) is 4.66. The Kier molecular flexibility index (Phi) is 4.16. The van der Waals surface area contributed by atoms with Gasteiger partial charge in [-0.1, -0.05) is 6.07 Å². The van der Waals surface area contributed by atoms with Gasteiger partial charge in [-0.3, -0.25) is 4.40 Å². The summed E-state index contributed by atoms with van der Waals surface area (Å²) in [7, 11) is 0. The summed E-state index contributed by atoms with van der Waals surface area (Å²) in [4.78, 5) is 4.22. The van der Waals surface area contributed by atoms with E-state index in [1.807, 2.05) is 0 Å². The van der Waals surface area contributed by atoms with Crippen molar-refractivity contribution in [2.24, 2.45) is 0 Å². The molecule has 2 aromatic heterocycles. The van der Waals surface area contributed by atoms with Gasteiger partial charge in [0.05, 0.1) is 5.56 Å². The molecule has 2 aromatic carbocycles. The van der Waals surface area contributed by atoms with Gasteiger partial charge in [0, 0.05) is 23.9 Å². The molecule has 0 fully saturated rings. The number of nitrogens with zero attached hydrogens (tertiary/aromatic N) is 2. The van der Waals surface area contributed by atoms with Crippen LogP contribution in [0.3, 0.4) is 0 Å². The van der Waals surface area contributed by atoms with Gasteiger partial charge in [-0.25, -0.2) is 13.8 Å². The SMILES string of the molecule is Oc1cc(F)c(-c2nc3cccc(F)n3c2Nc2ccc3c(c2)OCCO3)c(F)c1. The number of aromatic hydroxyl groups is 1. The molecule has 2 N–H and O–H groups in total. The summed E-state index contributed by atoms with van der Waals surface area (Å²) in [6.45, 7) is 0.817. The Morgan fingerprint density at radius 1 is 0.933 bits per heavy atom. The lowest BCUT2D eigenvalue weighted by atomic mass is 10.1. The minimum Gasteiger partial charge on any atom is -0.508 e. The Hall–Kier alpha value is -3.88. The van der Waals surface area contributed by atoms with Crippen molar-refractivity contribution in [2.45, 2.75) is 0 Å². The molecule has 1 aliphatic heterocycles. The van der Waals surface area contributed by atoms with E-state index in [0.717, 1.165) is 16.5 Å². The van der Waals surface area contributed by atoms with Crippen molar-refractivity contribution in [3.05, 3.63) is 66.1 Å². The summed E-state index contributed by atoms with van der Waals surface area (Å²) >= 11 is 0. The van der Waals surface area contributed by atoms with E-state index in [1.54, 1.807) is 18.2 Å². The Bertz CT molecular complexity index is 1270. The number of rotatable bonds is 3. The summed E-state index contributed by atoms with van der Waals surface area (Å²) in [5.74, 6) is -2.22. The van der Waals surface area contributed by atoms with E-state index in [0.29, 0.717) is 30.4 Å². The number of aromatic nitrogens is 2. The lowest BCUT2D eigenvalue weighted by Crippen LogP contribution is -2.15. The third kappa shape index (κ3) is 2.95. The maximum Gasteiger partial charge on any atom is 0.201 e. The van der Waals surface area contributed by atoms with Gasteiger partial charge in [0.15, 0.2) is 11.5 Å². The smallest absolute Gasteiger partial charge is 0.201 e. The van der Waals surface area contributed by atoms with E-state index >= 15 is 0 Å². The quantitative estimate of drug-likeness (QED) is 0.479. The predicted octanol–water partition coefficient (Wildman–Crippen LogP) is 4.64. The van der Waals surface area contributed by atoms with Gasteiger partial charge in [0.1, 0.15) is 47.8 Å². The Morgan fingerprint density at radius 3 is 2.43 bits per heavy atom. The van der Waals surface area contributed by atoms with Crippen molar-refractivity contribution in [3.63, 3.8) is 0 Å². The van der Waals surface area contributed by atoms with Crippen molar-refractivity contribution in [3.8, 4) is 28.5 Å². The second-order valence-electron chi connectivity index (χ2n) is 6.62. The molecule has 3 heterocycles. The molecule has 0 saturated carbocycles. The first-order valence-corrected chi connectivity index (χ1v) is 9.03. The van der Waals surface area contributed by atoms with Gasteiger partial charge in [0.2, 0.25) is 5.95 Å². The molecule has 5 rings (SSSR count). The molecule has 1 aliphatic rings. The van der Waals surface area contributed by atoms with Crippen molar-refractivity contribution in [1.29, 1.82) is 0 Å². The summed E-state index contributed by atoms with van der Waals surface area (Å²) in [6, 6.07) is 10.7. The number of benzene rings is 2. The number of imidazole rings is 1. The molecule has 0 bridgehead atoms. The van der Waals surface area contributed by atoms with Crippen LogP contribution in [0.1, 0.15) is 0 Å². The van der Waals surface area contributed by atoms with Crippen molar-refractivity contribution in [2.75, 3.05) is 18.5 Å². The number of halogens is 3. The molecular formula is C21H14F3N3O3. The van der Waals surface area contributed by atoms with Crippen LogP contribution in [0, 0.1) is 17.6 Å². The maximum absolute atomic E-state index is 14.6. The number of anilines is 2. The molecule has 4 aromatic rings. The van der Waals surface area contributed by atoms with Crippen LogP contribution >= 0.6 is 0 Å². The van der Waals surface area contributed by atoms with Crippen molar-refractivity contribution >= 4 is 17.2 Å². The number of fused-ring (bicyclic) bond motifs is 2. The van der Waals surface area contributed by atoms with E-state index < -0.39 is 28.9 Å². The molecule has 0 atom stereocenters. The minimum atomic E-state index is -1.03. The molecule has 0 radical (unpaired) electrons. The molecule has 0 spiro atoms. The van der Waals surface area contributed by atoms with Gasteiger partial charge in [-0.15, -0.1) is 0 Å². The largest absolute Gasteiger partial charge is 0.508 e. The van der Waals surface area contributed by atoms with E-state index in [2.05, 4.69) is 10.3 Å². The summed E-state index contributed by atoms with van der Waals surface area (Å²) in [6.07, 6.45) is 0. The molecular weight excluding hydrogens is 399 g/mol. The number of phenols is 1. The number of hydrogen-bond acceptors (Lipinski definition) is 5. The topological polar surface area (TPSA) is 68.0 Å². The van der Waals surface area contributed by atoms with Crippen molar-refractivity contribution in [1.82, 2.24) is 9.38 Å². The van der Waals surface area contributed by atoms with Crippen molar-refractivity contribution < 1.29 is 27.8 Å². The Labute approximate surface area is 168 Å². The number of hydrogen-bond donors (Lipinski definition) is 2. The van der Waals surface area contributed by atoms with E-state index in [4.69, 9.17) is 9.47 Å². The Morgan fingerprint density at radius 2 is 1.67 bits per heavy atom. The number of pyridine rings is 1. The van der Waals surface area contributed by atoms with Gasteiger partial charge in [0.25, 0.3) is 0 Å². The third-order valence-corrected chi connectivity index (χ3v) is 4.66. The molecule has 0 unspecified atom stereocenters. The van der Waals surface area contributed by atoms with Crippen LogP contribution in [-0.4, -0.2) is 27.7 Å². The van der Waals surface area contributed by atoms with E-state index in [-0.39, 0.29) is 17.2 Å². The highest BCUT2D eigenvalue weighted by Gasteiger charge is 2.24. The molecule has 0 aliphatic carbocycles. The summed E-state index contributed by atoms with van der Waals surface area (Å²) in [5.41, 5.74) is -0.0111. The molecule has 0 saturated heterocycles. The fraction of sp³-hybridized carbons (Fsp3) is 0.0952. The normalized spacial score (nSPS) is 12.9. The second-order valence-corrected chi connectivity index (χ2v) is 6.62. The molecule has 6 nitrogen and oxygen atoms in total. The van der Waals surface area contributed by atoms with Crippen LogP contribution in [0.2, 0.25) is 0 Å². The minimum absolute atomic E-state index is 0.0169. The highest BCUT2D eigenvalue weighted by molar-refractivity contribution is 5.81. The molecule has 0 amide bonds. The van der Waals surface area contributed by atoms with Crippen LogP contribution in [-0.2, 0) is 0 Å².